The van der Waals surface area contributed by atoms with Gasteiger partial charge in [-0.25, -0.2) is 0 Å². The van der Waals surface area contributed by atoms with Crippen LogP contribution in [0.2, 0.25) is 0 Å². The number of Topliss-reactive ketones (excluding diaryl/α,β-unsaturated/α-hetero) is 1. The monoisotopic (exact) mass is 331 g/mol. The fourth-order valence-electron chi connectivity index (χ4n) is 3.91. The van der Waals surface area contributed by atoms with Crippen molar-refractivity contribution in [2.45, 2.75) is 57.4 Å². The van der Waals surface area contributed by atoms with E-state index < -0.39 is 0 Å². The number of hydrogen-bond donors (Lipinski definition) is 1. The molecule has 1 aliphatic heterocycles. The Morgan fingerprint density at radius 2 is 1.79 bits per heavy atom. The van der Waals surface area contributed by atoms with E-state index in [2.05, 4.69) is 16.9 Å². The van der Waals surface area contributed by atoms with E-state index in [1.165, 1.54) is 38.5 Å². The molecule has 1 aromatic rings. The van der Waals surface area contributed by atoms with Gasteiger partial charge in [-0.3, -0.25) is 14.5 Å². The molecule has 0 radical (unpaired) electrons. The predicted molar refractivity (Wildman–Crippen MR) is 94.4 cm³/mol. The average molecular weight is 331 g/mol. The van der Waals surface area contributed by atoms with Gasteiger partial charge in [0, 0.05) is 30.9 Å². The van der Waals surface area contributed by atoms with Crippen LogP contribution in [0.4, 0.5) is 0 Å². The number of nitrogens with one attached hydrogen (secondary N) is 1. The van der Waals surface area contributed by atoms with Gasteiger partial charge in [-0.1, -0.05) is 25.7 Å². The van der Waals surface area contributed by atoms with Crippen LogP contribution in [-0.2, 0) is 0 Å². The number of carbonyl (C=O) groups excluding carboxylic acids is 2. The summed E-state index contributed by atoms with van der Waals surface area (Å²) in [7, 11) is 2.05. The van der Waals surface area contributed by atoms with Crippen molar-refractivity contribution in [3.63, 3.8) is 0 Å². The van der Waals surface area contributed by atoms with Crippen molar-refractivity contribution >= 4 is 11.7 Å². The van der Waals surface area contributed by atoms with Crippen molar-refractivity contribution in [2.75, 3.05) is 26.7 Å². The minimum atomic E-state index is 0.0173. The molecular weight excluding hydrogens is 302 g/mol. The van der Waals surface area contributed by atoms with Crippen molar-refractivity contribution in [1.82, 2.24) is 14.8 Å². The maximum absolute atomic E-state index is 12.6. The lowest BCUT2D eigenvalue weighted by Gasteiger charge is -2.26. The Morgan fingerprint density at radius 3 is 2.46 bits per heavy atom. The zero-order chi connectivity index (χ0) is 16.9. The molecular formula is C19H29N3O2. The van der Waals surface area contributed by atoms with E-state index in [0.717, 1.165) is 25.9 Å². The molecule has 5 heteroatoms. The van der Waals surface area contributed by atoms with Crippen LogP contribution in [0.1, 0.15) is 72.2 Å². The van der Waals surface area contributed by atoms with Crippen LogP contribution >= 0.6 is 0 Å². The number of likely N-dealkylation sites (N-methyl/N-ethyl adjacent to an activating group) is 1. The van der Waals surface area contributed by atoms with E-state index in [0.29, 0.717) is 23.8 Å². The lowest BCUT2D eigenvalue weighted by atomic mass is 10.1. The molecule has 0 atom stereocenters. The molecule has 1 saturated carbocycles. The number of amides is 1. The molecule has 2 aliphatic rings. The molecule has 24 heavy (non-hydrogen) atoms. The molecule has 1 amide bonds. The summed E-state index contributed by atoms with van der Waals surface area (Å²) >= 11 is 0. The quantitative estimate of drug-likeness (QED) is 0.666. The van der Waals surface area contributed by atoms with Gasteiger partial charge >= 0.3 is 0 Å². The van der Waals surface area contributed by atoms with Crippen molar-refractivity contribution in [3.8, 4) is 0 Å². The third-order valence-electron chi connectivity index (χ3n) is 5.47. The number of aromatic amines is 1. The van der Waals surface area contributed by atoms with Crippen LogP contribution in [0, 0.1) is 0 Å². The highest BCUT2D eigenvalue weighted by molar-refractivity contribution is 6.01. The number of hydrogen-bond acceptors (Lipinski definition) is 3. The van der Waals surface area contributed by atoms with Gasteiger partial charge in [0.05, 0.1) is 6.54 Å². The van der Waals surface area contributed by atoms with E-state index in [-0.39, 0.29) is 11.7 Å². The summed E-state index contributed by atoms with van der Waals surface area (Å²) in [5, 5.41) is 0. The number of H-pyrrole nitrogens is 1. The second-order valence-electron chi connectivity index (χ2n) is 7.29. The van der Waals surface area contributed by atoms with Gasteiger partial charge in [-0.05, 0) is 38.8 Å². The Hall–Kier alpha value is -1.62. The van der Waals surface area contributed by atoms with Crippen molar-refractivity contribution in [2.24, 2.45) is 0 Å². The van der Waals surface area contributed by atoms with Crippen molar-refractivity contribution in [3.05, 3.63) is 23.5 Å². The molecule has 132 valence electrons. The Kier molecular flexibility index (Phi) is 5.72. The molecule has 0 spiro atoms. The summed E-state index contributed by atoms with van der Waals surface area (Å²) in [6.45, 7) is 2.08. The number of rotatable bonds is 5. The molecule has 2 heterocycles. The molecule has 1 aliphatic carbocycles. The molecule has 1 saturated heterocycles. The molecule has 1 aromatic heterocycles. The topological polar surface area (TPSA) is 56.4 Å². The summed E-state index contributed by atoms with van der Waals surface area (Å²) in [5.41, 5.74) is 1.16. The summed E-state index contributed by atoms with van der Waals surface area (Å²) in [4.78, 5) is 32.0. The maximum Gasteiger partial charge on any atom is 0.270 e. The minimum Gasteiger partial charge on any atom is -0.356 e. The highest BCUT2D eigenvalue weighted by atomic mass is 16.2. The highest BCUT2D eigenvalue weighted by Gasteiger charge is 2.23. The Balaban J connectivity index is 1.57. The van der Waals surface area contributed by atoms with E-state index in [1.807, 2.05) is 4.90 Å². The van der Waals surface area contributed by atoms with Gasteiger partial charge in [-0.2, -0.15) is 0 Å². The van der Waals surface area contributed by atoms with Crippen LogP contribution < -0.4 is 0 Å². The summed E-state index contributed by atoms with van der Waals surface area (Å²) < 4.78 is 0. The van der Waals surface area contributed by atoms with Crippen molar-refractivity contribution < 1.29 is 9.59 Å². The van der Waals surface area contributed by atoms with Crippen molar-refractivity contribution in [1.29, 1.82) is 0 Å². The zero-order valence-electron chi connectivity index (χ0n) is 14.7. The SMILES string of the molecule is CN(CC(=O)c1c[nH]c(C(=O)N2CCCC2)c1)C1CCCCCC1. The highest BCUT2D eigenvalue weighted by Crippen LogP contribution is 2.21. The second-order valence-corrected chi connectivity index (χ2v) is 7.29. The van der Waals surface area contributed by atoms with Crippen LogP contribution in [0.5, 0.6) is 0 Å². The molecule has 0 unspecified atom stereocenters. The molecule has 3 rings (SSSR count). The largest absolute Gasteiger partial charge is 0.356 e. The summed E-state index contributed by atoms with van der Waals surface area (Å²) in [6, 6.07) is 2.24. The van der Waals surface area contributed by atoms with Gasteiger partial charge < -0.3 is 9.88 Å². The lowest BCUT2D eigenvalue weighted by Crippen LogP contribution is -2.35. The number of nitrogens with zero attached hydrogens (tertiary/aromatic N) is 2. The van der Waals surface area contributed by atoms with Gasteiger partial charge in [0.1, 0.15) is 5.69 Å². The number of carbonyl (C=O) groups is 2. The van der Waals surface area contributed by atoms with Crippen LogP contribution in [-0.4, -0.2) is 59.2 Å². The minimum absolute atomic E-state index is 0.0173. The van der Waals surface area contributed by atoms with E-state index in [9.17, 15) is 9.59 Å². The molecule has 0 aromatic carbocycles. The standard InChI is InChI=1S/C19H29N3O2/c1-21(16-8-4-2-3-5-9-16)14-18(23)15-12-17(20-13-15)19(24)22-10-6-7-11-22/h12-13,16,20H,2-11,14H2,1H3. The molecule has 2 fully saturated rings. The molecule has 1 N–H and O–H groups in total. The Bertz CT molecular complexity index is 567. The van der Waals surface area contributed by atoms with Gasteiger partial charge in [0.25, 0.3) is 5.91 Å². The molecule has 5 nitrogen and oxygen atoms in total. The first kappa shape index (κ1) is 17.2. The fraction of sp³-hybridized carbons (Fsp3) is 0.684. The van der Waals surface area contributed by atoms with Crippen LogP contribution in [0.3, 0.4) is 0 Å². The first-order valence-electron chi connectivity index (χ1n) is 9.36. The fourth-order valence-corrected chi connectivity index (χ4v) is 3.91. The first-order valence-corrected chi connectivity index (χ1v) is 9.36. The second kappa shape index (κ2) is 7.97. The third-order valence-corrected chi connectivity index (χ3v) is 5.47. The number of likely N-dealkylation sites (tertiary alicyclic amines) is 1. The first-order chi connectivity index (χ1) is 11.6. The Morgan fingerprint density at radius 1 is 1.12 bits per heavy atom. The molecule has 0 bridgehead atoms. The normalized spacial score (nSPS) is 19.7. The van der Waals surface area contributed by atoms with Crippen LogP contribution in [0.25, 0.3) is 0 Å². The number of ketones is 1. The van der Waals surface area contributed by atoms with Crippen LogP contribution in [0.15, 0.2) is 12.3 Å². The van der Waals surface area contributed by atoms with E-state index in [1.54, 1.807) is 12.3 Å². The van der Waals surface area contributed by atoms with Gasteiger partial charge in [0.2, 0.25) is 0 Å². The smallest absolute Gasteiger partial charge is 0.270 e. The van der Waals surface area contributed by atoms with Gasteiger partial charge in [0.15, 0.2) is 5.78 Å². The summed E-state index contributed by atoms with van der Waals surface area (Å²) in [5.74, 6) is 0.113. The Labute approximate surface area is 144 Å². The van der Waals surface area contributed by atoms with Gasteiger partial charge in [-0.15, -0.1) is 0 Å². The average Bonchev–Trinajstić information content (AvgIpc) is 3.21. The van der Waals surface area contributed by atoms with E-state index in [4.69, 9.17) is 0 Å². The lowest BCUT2D eigenvalue weighted by molar-refractivity contribution is 0.0787. The predicted octanol–water partition coefficient (Wildman–Crippen LogP) is 3.09. The van der Waals surface area contributed by atoms with E-state index >= 15 is 0 Å². The maximum atomic E-state index is 12.6. The third kappa shape index (κ3) is 4.07. The summed E-state index contributed by atoms with van der Waals surface area (Å²) in [6.07, 6.45) is 11.4. The number of aromatic nitrogens is 1. The zero-order valence-corrected chi connectivity index (χ0v) is 14.7.